The Morgan fingerprint density at radius 3 is 2.33 bits per heavy atom. The Morgan fingerprint density at radius 1 is 1.11 bits per heavy atom. The van der Waals surface area contributed by atoms with Crippen molar-refractivity contribution in [3.63, 3.8) is 0 Å². The molecular formula is C19H19N3O3S2. The van der Waals surface area contributed by atoms with E-state index in [9.17, 15) is 4.79 Å². The van der Waals surface area contributed by atoms with Crippen molar-refractivity contribution >= 4 is 46.2 Å². The average molecular weight is 402 g/mol. The van der Waals surface area contributed by atoms with Gasteiger partial charge in [0.05, 0.1) is 16.4 Å². The summed E-state index contributed by atoms with van der Waals surface area (Å²) in [6.45, 7) is 2.04. The molecular weight excluding hydrogens is 382 g/mol. The summed E-state index contributed by atoms with van der Waals surface area (Å²) in [4.78, 5) is 24.8. The van der Waals surface area contributed by atoms with Crippen molar-refractivity contribution in [1.82, 2.24) is 4.90 Å². The summed E-state index contributed by atoms with van der Waals surface area (Å²) in [5, 5.41) is 3.99. The molecule has 0 spiro atoms. The first-order chi connectivity index (χ1) is 13.1. The molecule has 0 aliphatic carbocycles. The predicted molar refractivity (Wildman–Crippen MR) is 110 cm³/mol. The van der Waals surface area contributed by atoms with Crippen molar-refractivity contribution in [1.29, 1.82) is 0 Å². The van der Waals surface area contributed by atoms with Crippen LogP contribution in [0.2, 0.25) is 0 Å². The lowest BCUT2D eigenvalue weighted by molar-refractivity contribution is 0.0491. The molecule has 27 heavy (non-hydrogen) atoms. The van der Waals surface area contributed by atoms with Crippen LogP contribution in [0.4, 0.5) is 5.88 Å². The van der Waals surface area contributed by atoms with Gasteiger partial charge < -0.3 is 14.1 Å². The van der Waals surface area contributed by atoms with Crippen molar-refractivity contribution in [3.8, 4) is 0 Å². The number of nitrogens with zero attached hydrogens (tertiary/aromatic N) is 3. The maximum Gasteiger partial charge on any atom is 0.374 e. The van der Waals surface area contributed by atoms with Crippen LogP contribution in [0.1, 0.15) is 27.2 Å². The fraction of sp³-hybridized carbons (Fsp3) is 0.211. The van der Waals surface area contributed by atoms with Gasteiger partial charge in [0.15, 0.2) is 5.84 Å². The van der Waals surface area contributed by atoms with Gasteiger partial charge in [0.2, 0.25) is 11.6 Å². The zero-order valence-corrected chi connectivity index (χ0v) is 16.8. The molecule has 0 fully saturated rings. The number of hydrogen-bond acceptors (Lipinski definition) is 7. The number of carbonyl (C=O) groups is 1. The zero-order valence-electron chi connectivity index (χ0n) is 15.2. The van der Waals surface area contributed by atoms with Gasteiger partial charge in [0.25, 0.3) is 0 Å². The number of esters is 1. The molecule has 140 valence electrons. The minimum atomic E-state index is -0.501. The average Bonchev–Trinajstić information content (AvgIpc) is 3.42. The number of amidine groups is 2. The van der Waals surface area contributed by atoms with E-state index < -0.39 is 5.97 Å². The van der Waals surface area contributed by atoms with Gasteiger partial charge >= 0.3 is 5.97 Å². The molecule has 0 saturated carbocycles. The first kappa shape index (κ1) is 19.1. The molecule has 3 heterocycles. The topological polar surface area (TPSA) is 67.4 Å². The molecule has 3 aromatic heterocycles. The summed E-state index contributed by atoms with van der Waals surface area (Å²) in [5.74, 6) is 1.44. The van der Waals surface area contributed by atoms with Gasteiger partial charge in [-0.15, -0.1) is 22.7 Å². The quantitative estimate of drug-likeness (QED) is 0.354. The van der Waals surface area contributed by atoms with Crippen LogP contribution in [-0.4, -0.2) is 43.2 Å². The van der Waals surface area contributed by atoms with Crippen LogP contribution in [0, 0.1) is 0 Å². The number of furan rings is 1. The van der Waals surface area contributed by atoms with Crippen LogP contribution in [0.3, 0.4) is 0 Å². The SMILES string of the molecule is CCOC(=O)c1ccc(/N=C(\c2cccs2)N(C)C(=NC)c2cccs2)o1. The second kappa shape index (κ2) is 8.79. The second-order valence-electron chi connectivity index (χ2n) is 5.35. The minimum absolute atomic E-state index is 0.131. The van der Waals surface area contributed by atoms with E-state index in [0.717, 1.165) is 15.6 Å². The summed E-state index contributed by atoms with van der Waals surface area (Å²) >= 11 is 3.18. The molecule has 8 heteroatoms. The molecule has 0 bridgehead atoms. The Balaban J connectivity index is 1.97. The minimum Gasteiger partial charge on any atom is -0.460 e. The number of ether oxygens (including phenoxy) is 1. The number of carbonyl (C=O) groups excluding carboxylic acids is 1. The van der Waals surface area contributed by atoms with Crippen molar-refractivity contribution in [2.24, 2.45) is 9.98 Å². The molecule has 3 rings (SSSR count). The van der Waals surface area contributed by atoms with Gasteiger partial charge in [-0.25, -0.2) is 4.79 Å². The van der Waals surface area contributed by atoms with Crippen molar-refractivity contribution < 1.29 is 13.9 Å². The smallest absolute Gasteiger partial charge is 0.374 e. The molecule has 0 amide bonds. The van der Waals surface area contributed by atoms with Gasteiger partial charge in [0.1, 0.15) is 5.84 Å². The van der Waals surface area contributed by atoms with E-state index in [4.69, 9.17) is 9.15 Å². The highest BCUT2D eigenvalue weighted by atomic mass is 32.1. The fourth-order valence-corrected chi connectivity index (χ4v) is 3.98. The normalized spacial score (nSPS) is 12.3. The Hall–Kier alpha value is -2.71. The standard InChI is InChI=1S/C19H19N3O3S2/c1-4-24-19(23)13-9-10-16(25-13)21-18(15-8-6-12-27-15)22(3)17(20-2)14-7-5-11-26-14/h5-12H,4H2,1-3H3/b20-17?,21-18+. The molecule has 0 atom stereocenters. The van der Waals surface area contributed by atoms with Crippen molar-refractivity contribution in [3.05, 3.63) is 62.7 Å². The molecule has 0 radical (unpaired) electrons. The van der Waals surface area contributed by atoms with E-state index in [0.29, 0.717) is 18.3 Å². The highest BCUT2D eigenvalue weighted by Crippen LogP contribution is 2.23. The summed E-state index contributed by atoms with van der Waals surface area (Å²) in [5.41, 5.74) is 0. The van der Waals surface area contributed by atoms with E-state index in [-0.39, 0.29) is 5.76 Å². The van der Waals surface area contributed by atoms with Gasteiger partial charge in [0, 0.05) is 20.2 Å². The fourth-order valence-electron chi connectivity index (χ4n) is 2.44. The van der Waals surface area contributed by atoms with Crippen molar-refractivity contribution in [2.75, 3.05) is 20.7 Å². The van der Waals surface area contributed by atoms with Gasteiger partial charge in [-0.3, -0.25) is 4.99 Å². The summed E-state index contributed by atoms with van der Waals surface area (Å²) in [7, 11) is 3.67. The lowest BCUT2D eigenvalue weighted by Gasteiger charge is -2.21. The Morgan fingerprint density at radius 2 is 1.78 bits per heavy atom. The highest BCUT2D eigenvalue weighted by molar-refractivity contribution is 7.12. The maximum absolute atomic E-state index is 11.8. The molecule has 6 nitrogen and oxygen atoms in total. The molecule has 0 aliphatic rings. The number of rotatable bonds is 5. The third-order valence-corrected chi connectivity index (χ3v) is 5.35. The van der Waals surface area contributed by atoms with E-state index in [1.54, 1.807) is 48.8 Å². The van der Waals surface area contributed by atoms with Crippen LogP contribution < -0.4 is 0 Å². The molecule has 0 aromatic carbocycles. The number of hydrogen-bond donors (Lipinski definition) is 0. The first-order valence-corrected chi connectivity index (χ1v) is 10.0. The summed E-state index contributed by atoms with van der Waals surface area (Å²) in [6.07, 6.45) is 0. The second-order valence-corrected chi connectivity index (χ2v) is 7.25. The lowest BCUT2D eigenvalue weighted by Crippen LogP contribution is -2.33. The first-order valence-electron chi connectivity index (χ1n) is 8.28. The van der Waals surface area contributed by atoms with Crippen molar-refractivity contribution in [2.45, 2.75) is 6.92 Å². The van der Waals surface area contributed by atoms with Gasteiger partial charge in [-0.05, 0) is 35.9 Å². The molecule has 0 N–H and O–H groups in total. The highest BCUT2D eigenvalue weighted by Gasteiger charge is 2.19. The number of thiophene rings is 2. The molecule has 3 aromatic rings. The van der Waals surface area contributed by atoms with Crippen LogP contribution in [0.5, 0.6) is 0 Å². The lowest BCUT2D eigenvalue weighted by atomic mass is 10.3. The maximum atomic E-state index is 11.8. The Bertz CT molecular complexity index is 941. The van der Waals surface area contributed by atoms with Gasteiger partial charge in [-0.2, -0.15) is 4.99 Å². The molecule has 0 unspecified atom stereocenters. The third kappa shape index (κ3) is 4.35. The Labute approximate surface area is 165 Å². The van der Waals surface area contributed by atoms with Crippen LogP contribution in [0.15, 0.2) is 61.6 Å². The predicted octanol–water partition coefficient (Wildman–Crippen LogP) is 4.67. The molecule has 0 saturated heterocycles. The van der Waals surface area contributed by atoms with E-state index in [2.05, 4.69) is 9.98 Å². The van der Waals surface area contributed by atoms with E-state index >= 15 is 0 Å². The molecule has 0 aliphatic heterocycles. The van der Waals surface area contributed by atoms with Gasteiger partial charge in [-0.1, -0.05) is 12.1 Å². The summed E-state index contributed by atoms with van der Waals surface area (Å²) in [6, 6.07) is 11.2. The number of aliphatic imine (C=N–C) groups is 2. The van der Waals surface area contributed by atoms with E-state index in [1.165, 1.54) is 0 Å². The van der Waals surface area contributed by atoms with E-state index in [1.807, 2.05) is 47.0 Å². The third-order valence-electron chi connectivity index (χ3n) is 3.61. The monoisotopic (exact) mass is 401 g/mol. The van der Waals surface area contributed by atoms with Crippen LogP contribution in [0.25, 0.3) is 0 Å². The van der Waals surface area contributed by atoms with Crippen LogP contribution >= 0.6 is 22.7 Å². The largest absolute Gasteiger partial charge is 0.460 e. The Kier molecular flexibility index (Phi) is 6.20. The zero-order chi connectivity index (χ0) is 19.2. The van der Waals surface area contributed by atoms with Crippen LogP contribution in [-0.2, 0) is 4.74 Å². The summed E-state index contributed by atoms with van der Waals surface area (Å²) < 4.78 is 10.5.